The number of thiazole rings is 1. The topological polar surface area (TPSA) is 97.4 Å². The molecule has 0 spiro atoms. The Morgan fingerprint density at radius 3 is 2.92 bits per heavy atom. The molecule has 1 aliphatic rings. The minimum atomic E-state index is -3.80. The van der Waals surface area contributed by atoms with Crippen molar-refractivity contribution in [3.8, 4) is 5.75 Å². The van der Waals surface area contributed by atoms with E-state index in [1.807, 2.05) is 6.92 Å². The Morgan fingerprint density at radius 1 is 1.24 bits per heavy atom. The van der Waals surface area contributed by atoms with Crippen LogP contribution in [0, 0.1) is 6.92 Å². The fourth-order valence-electron chi connectivity index (χ4n) is 2.55. The Kier molecular flexibility index (Phi) is 3.62. The lowest BCUT2D eigenvalue weighted by Gasteiger charge is -2.18. The first-order valence-corrected chi connectivity index (χ1v) is 9.67. The first-order valence-electron chi connectivity index (χ1n) is 7.37. The van der Waals surface area contributed by atoms with Crippen LogP contribution in [0.5, 0.6) is 5.75 Å². The SMILES string of the molecule is Cc1nc2ccc(NS(=O)(=O)c3ccc4c(c3)NC(=O)CO4)cc2s1. The predicted molar refractivity (Wildman–Crippen MR) is 95.7 cm³/mol. The van der Waals surface area contributed by atoms with Crippen LogP contribution in [0.25, 0.3) is 10.2 Å². The van der Waals surface area contributed by atoms with Gasteiger partial charge in [0.05, 0.1) is 31.5 Å². The van der Waals surface area contributed by atoms with Crippen LogP contribution in [0.15, 0.2) is 41.3 Å². The highest BCUT2D eigenvalue weighted by Gasteiger charge is 2.21. The van der Waals surface area contributed by atoms with Gasteiger partial charge in [-0.05, 0) is 43.3 Å². The molecule has 0 fully saturated rings. The number of hydrogen-bond donors (Lipinski definition) is 2. The monoisotopic (exact) mass is 375 g/mol. The number of aryl methyl sites for hydroxylation is 1. The molecule has 1 amide bonds. The quantitative estimate of drug-likeness (QED) is 0.734. The summed E-state index contributed by atoms with van der Waals surface area (Å²) in [6.45, 7) is 1.82. The molecular weight excluding hydrogens is 362 g/mol. The molecule has 1 aliphatic heterocycles. The number of rotatable bonds is 3. The summed E-state index contributed by atoms with van der Waals surface area (Å²) in [6, 6.07) is 9.54. The van der Waals surface area contributed by atoms with Crippen molar-refractivity contribution in [1.29, 1.82) is 0 Å². The molecule has 9 heteroatoms. The van der Waals surface area contributed by atoms with Crippen molar-refractivity contribution in [2.75, 3.05) is 16.6 Å². The number of hydrogen-bond acceptors (Lipinski definition) is 6. The van der Waals surface area contributed by atoms with E-state index in [-0.39, 0.29) is 17.4 Å². The molecule has 0 bridgehead atoms. The molecule has 0 saturated heterocycles. The van der Waals surface area contributed by atoms with Crippen LogP contribution in [-0.4, -0.2) is 25.9 Å². The highest BCUT2D eigenvalue weighted by atomic mass is 32.2. The smallest absolute Gasteiger partial charge is 0.262 e. The summed E-state index contributed by atoms with van der Waals surface area (Å²) in [5, 5.41) is 3.52. The molecule has 0 aliphatic carbocycles. The maximum absolute atomic E-state index is 12.6. The highest BCUT2D eigenvalue weighted by Crippen LogP contribution is 2.31. The second-order valence-corrected chi connectivity index (χ2v) is 8.43. The molecule has 1 aromatic heterocycles. The number of nitrogens with zero attached hydrogens (tertiary/aromatic N) is 1. The van der Waals surface area contributed by atoms with Gasteiger partial charge in [0.2, 0.25) is 0 Å². The Labute approximate surface area is 147 Å². The molecule has 2 heterocycles. The van der Waals surface area contributed by atoms with E-state index in [0.717, 1.165) is 15.2 Å². The number of nitrogens with one attached hydrogen (secondary N) is 2. The molecule has 2 aromatic carbocycles. The summed E-state index contributed by atoms with van der Waals surface area (Å²) < 4.78 is 34.0. The second-order valence-electron chi connectivity index (χ2n) is 5.52. The first kappa shape index (κ1) is 15.9. The molecule has 4 rings (SSSR count). The third-order valence-electron chi connectivity index (χ3n) is 3.64. The van der Waals surface area contributed by atoms with E-state index in [4.69, 9.17) is 4.74 Å². The highest BCUT2D eigenvalue weighted by molar-refractivity contribution is 7.92. The maximum atomic E-state index is 12.6. The van der Waals surface area contributed by atoms with Gasteiger partial charge in [0.15, 0.2) is 6.61 Å². The van der Waals surface area contributed by atoms with Gasteiger partial charge in [-0.25, -0.2) is 13.4 Å². The molecular formula is C16H13N3O4S2. The summed E-state index contributed by atoms with van der Waals surface area (Å²) in [5.74, 6) is 0.126. The Balaban J connectivity index is 1.66. The molecule has 7 nitrogen and oxygen atoms in total. The number of anilines is 2. The zero-order valence-corrected chi connectivity index (χ0v) is 14.7. The Bertz CT molecular complexity index is 1110. The van der Waals surface area contributed by atoms with Gasteiger partial charge in [-0.3, -0.25) is 9.52 Å². The molecule has 2 N–H and O–H groups in total. The van der Waals surface area contributed by atoms with Gasteiger partial charge < -0.3 is 10.1 Å². The summed E-state index contributed by atoms with van der Waals surface area (Å²) in [4.78, 5) is 15.8. The maximum Gasteiger partial charge on any atom is 0.262 e. The number of fused-ring (bicyclic) bond motifs is 2. The number of ether oxygens (including phenoxy) is 1. The van der Waals surface area contributed by atoms with Gasteiger partial charge in [-0.1, -0.05) is 0 Å². The normalized spacial score (nSPS) is 13.9. The summed E-state index contributed by atoms with van der Waals surface area (Å²) in [6.07, 6.45) is 0. The number of carbonyl (C=O) groups is 1. The zero-order valence-electron chi connectivity index (χ0n) is 13.1. The first-order chi connectivity index (χ1) is 11.9. The summed E-state index contributed by atoms with van der Waals surface area (Å²) in [7, 11) is -3.80. The molecule has 0 atom stereocenters. The van der Waals surface area contributed by atoms with Crippen LogP contribution in [-0.2, 0) is 14.8 Å². The zero-order chi connectivity index (χ0) is 17.6. The van der Waals surface area contributed by atoms with Crippen LogP contribution in [0.3, 0.4) is 0 Å². The van der Waals surface area contributed by atoms with Gasteiger partial charge >= 0.3 is 0 Å². The minimum Gasteiger partial charge on any atom is -0.482 e. The van der Waals surface area contributed by atoms with Gasteiger partial charge in [-0.15, -0.1) is 11.3 Å². The van der Waals surface area contributed by atoms with Crippen molar-refractivity contribution in [2.45, 2.75) is 11.8 Å². The van der Waals surface area contributed by atoms with Crippen molar-refractivity contribution in [3.63, 3.8) is 0 Å². The van der Waals surface area contributed by atoms with Crippen molar-refractivity contribution >= 4 is 48.9 Å². The van der Waals surface area contributed by atoms with E-state index in [1.54, 1.807) is 18.2 Å². The Morgan fingerprint density at radius 2 is 2.08 bits per heavy atom. The third kappa shape index (κ3) is 3.03. The van der Waals surface area contributed by atoms with Gasteiger partial charge in [0, 0.05) is 0 Å². The van der Waals surface area contributed by atoms with Crippen LogP contribution < -0.4 is 14.8 Å². The van der Waals surface area contributed by atoms with Crippen molar-refractivity contribution in [1.82, 2.24) is 4.98 Å². The van der Waals surface area contributed by atoms with E-state index >= 15 is 0 Å². The molecule has 25 heavy (non-hydrogen) atoms. The number of carbonyl (C=O) groups excluding carboxylic acids is 1. The van der Waals surface area contributed by atoms with Gasteiger partial charge in [0.1, 0.15) is 5.75 Å². The van der Waals surface area contributed by atoms with Crippen LogP contribution >= 0.6 is 11.3 Å². The number of aromatic nitrogens is 1. The largest absolute Gasteiger partial charge is 0.482 e. The van der Waals surface area contributed by atoms with E-state index < -0.39 is 10.0 Å². The van der Waals surface area contributed by atoms with Crippen LogP contribution in [0.1, 0.15) is 5.01 Å². The fourth-order valence-corrected chi connectivity index (χ4v) is 4.49. The fraction of sp³-hybridized carbons (Fsp3) is 0.125. The minimum absolute atomic E-state index is 0.0395. The van der Waals surface area contributed by atoms with Crippen molar-refractivity contribution in [2.24, 2.45) is 0 Å². The number of sulfonamides is 1. The predicted octanol–water partition coefficient (Wildman–Crippen LogP) is 2.74. The lowest BCUT2D eigenvalue weighted by atomic mass is 10.2. The summed E-state index contributed by atoms with van der Waals surface area (Å²) in [5.41, 5.74) is 1.63. The van der Waals surface area contributed by atoms with E-state index in [1.165, 1.54) is 29.5 Å². The molecule has 0 radical (unpaired) electrons. The molecule has 3 aromatic rings. The molecule has 0 saturated carbocycles. The number of benzene rings is 2. The molecule has 128 valence electrons. The standard InChI is InChI=1S/C16H13N3O4S2/c1-9-17-12-4-2-10(6-15(12)24-9)19-25(21,22)11-3-5-14-13(7-11)18-16(20)8-23-14/h2-7,19H,8H2,1H3,(H,18,20). The lowest BCUT2D eigenvalue weighted by Crippen LogP contribution is -2.25. The lowest BCUT2D eigenvalue weighted by molar-refractivity contribution is -0.118. The third-order valence-corrected chi connectivity index (χ3v) is 5.95. The van der Waals surface area contributed by atoms with Crippen LogP contribution in [0.4, 0.5) is 11.4 Å². The van der Waals surface area contributed by atoms with Gasteiger partial charge in [-0.2, -0.15) is 0 Å². The average molecular weight is 375 g/mol. The van der Waals surface area contributed by atoms with Crippen LogP contribution in [0.2, 0.25) is 0 Å². The molecule has 0 unspecified atom stereocenters. The van der Waals surface area contributed by atoms with E-state index in [9.17, 15) is 13.2 Å². The van der Waals surface area contributed by atoms with E-state index in [0.29, 0.717) is 17.1 Å². The second kappa shape index (κ2) is 5.71. The summed E-state index contributed by atoms with van der Waals surface area (Å²) >= 11 is 1.50. The van der Waals surface area contributed by atoms with E-state index in [2.05, 4.69) is 15.0 Å². The number of amides is 1. The van der Waals surface area contributed by atoms with Gasteiger partial charge in [0.25, 0.3) is 15.9 Å². The average Bonchev–Trinajstić information content (AvgIpc) is 2.93. The Hall–Kier alpha value is -2.65. The van der Waals surface area contributed by atoms with Crippen molar-refractivity contribution in [3.05, 3.63) is 41.4 Å². The van der Waals surface area contributed by atoms with Crippen molar-refractivity contribution < 1.29 is 17.9 Å².